The lowest BCUT2D eigenvalue weighted by Gasteiger charge is -2.18. The summed E-state index contributed by atoms with van der Waals surface area (Å²) in [5, 5.41) is 41.6. The van der Waals surface area contributed by atoms with Crippen molar-refractivity contribution in [3.05, 3.63) is 53.6 Å². The van der Waals surface area contributed by atoms with Crippen LogP contribution < -0.4 is 5.32 Å². The van der Waals surface area contributed by atoms with E-state index in [-0.39, 0.29) is 23.3 Å². The van der Waals surface area contributed by atoms with Crippen LogP contribution in [-0.4, -0.2) is 33.0 Å². The van der Waals surface area contributed by atoms with Crippen LogP contribution in [0.3, 0.4) is 0 Å². The van der Waals surface area contributed by atoms with Gasteiger partial charge in [0.05, 0.1) is 6.10 Å². The predicted octanol–water partition coefficient (Wildman–Crippen LogP) is 2.06. The van der Waals surface area contributed by atoms with Crippen molar-refractivity contribution < 1.29 is 20.4 Å². The van der Waals surface area contributed by atoms with E-state index in [1.54, 1.807) is 18.2 Å². The molecular formula is C17H21NO4. The molecule has 0 aliphatic carbocycles. The van der Waals surface area contributed by atoms with Gasteiger partial charge in [-0.15, -0.1) is 0 Å². The third-order valence-corrected chi connectivity index (χ3v) is 3.42. The van der Waals surface area contributed by atoms with Crippen LogP contribution in [-0.2, 0) is 6.42 Å². The van der Waals surface area contributed by atoms with E-state index in [9.17, 15) is 20.4 Å². The number of phenolic OH excluding ortho intramolecular Hbond substituents is 3. The molecule has 5 heteroatoms. The van der Waals surface area contributed by atoms with Crippen LogP contribution in [0.25, 0.3) is 0 Å². The molecule has 0 aliphatic heterocycles. The van der Waals surface area contributed by atoms with Crippen LogP contribution in [0.1, 0.15) is 24.2 Å². The van der Waals surface area contributed by atoms with Crippen LogP contribution in [0.2, 0.25) is 0 Å². The lowest BCUT2D eigenvalue weighted by atomic mass is 10.1. The van der Waals surface area contributed by atoms with Gasteiger partial charge in [0.15, 0.2) is 0 Å². The smallest absolute Gasteiger partial charge is 0.119 e. The van der Waals surface area contributed by atoms with Crippen LogP contribution in [0, 0.1) is 0 Å². The summed E-state index contributed by atoms with van der Waals surface area (Å²) in [6.07, 6.45) is -0.114. The van der Waals surface area contributed by atoms with Crippen LogP contribution in [0.4, 0.5) is 0 Å². The van der Waals surface area contributed by atoms with E-state index in [1.165, 1.54) is 18.2 Å². The summed E-state index contributed by atoms with van der Waals surface area (Å²) < 4.78 is 0. The van der Waals surface area contributed by atoms with E-state index >= 15 is 0 Å². The summed E-state index contributed by atoms with van der Waals surface area (Å²) >= 11 is 0. The number of aliphatic hydroxyl groups is 1. The van der Waals surface area contributed by atoms with Crippen molar-refractivity contribution in [2.24, 2.45) is 0 Å². The second-order valence-electron chi connectivity index (χ2n) is 5.48. The molecule has 0 saturated carbocycles. The maximum Gasteiger partial charge on any atom is 0.119 e. The Hall–Kier alpha value is -2.24. The van der Waals surface area contributed by atoms with Crippen LogP contribution in [0.15, 0.2) is 42.5 Å². The fraction of sp³-hybridized carbons (Fsp3) is 0.294. The molecule has 0 fully saturated rings. The van der Waals surface area contributed by atoms with E-state index in [1.807, 2.05) is 13.0 Å². The topological polar surface area (TPSA) is 93.0 Å². The maximum absolute atomic E-state index is 10.1. The van der Waals surface area contributed by atoms with E-state index < -0.39 is 6.10 Å². The number of phenols is 3. The maximum atomic E-state index is 10.1. The van der Waals surface area contributed by atoms with Crippen molar-refractivity contribution >= 4 is 0 Å². The van der Waals surface area contributed by atoms with Crippen molar-refractivity contribution in [3.8, 4) is 17.2 Å². The highest BCUT2D eigenvalue weighted by Gasteiger charge is 2.12. The number of rotatable bonds is 6. The van der Waals surface area contributed by atoms with Gasteiger partial charge in [0.1, 0.15) is 17.2 Å². The Morgan fingerprint density at radius 3 is 2.27 bits per heavy atom. The Balaban J connectivity index is 1.88. The molecule has 0 spiro atoms. The fourth-order valence-electron chi connectivity index (χ4n) is 2.35. The summed E-state index contributed by atoms with van der Waals surface area (Å²) in [4.78, 5) is 0. The molecule has 2 aromatic carbocycles. The lowest BCUT2D eigenvalue weighted by Crippen LogP contribution is -2.32. The number of aromatic hydroxyl groups is 3. The molecular weight excluding hydrogens is 282 g/mol. The summed E-state index contributed by atoms with van der Waals surface area (Å²) in [6, 6.07) is 11.2. The van der Waals surface area contributed by atoms with Gasteiger partial charge < -0.3 is 25.7 Å². The molecule has 118 valence electrons. The van der Waals surface area contributed by atoms with Gasteiger partial charge in [-0.25, -0.2) is 0 Å². The van der Waals surface area contributed by atoms with Crippen LogP contribution in [0.5, 0.6) is 17.2 Å². The van der Waals surface area contributed by atoms with Gasteiger partial charge in [-0.1, -0.05) is 12.1 Å². The Kier molecular flexibility index (Phi) is 5.25. The molecule has 5 N–H and O–H groups in total. The van der Waals surface area contributed by atoms with Crippen molar-refractivity contribution in [1.29, 1.82) is 0 Å². The minimum Gasteiger partial charge on any atom is -0.508 e. The Bertz CT molecular complexity index is 610. The molecule has 2 unspecified atom stereocenters. The zero-order chi connectivity index (χ0) is 16.1. The average Bonchev–Trinajstić information content (AvgIpc) is 2.43. The number of hydrogen-bond donors (Lipinski definition) is 5. The molecule has 0 heterocycles. The standard InChI is InChI=1S/C17H21NO4/c1-11(5-12-3-2-4-14(19)6-12)18-10-17(22)13-7-15(20)9-16(21)8-13/h2-4,6-9,11,17-22H,5,10H2,1H3. The highest BCUT2D eigenvalue weighted by molar-refractivity contribution is 5.37. The van der Waals surface area contributed by atoms with Crippen LogP contribution >= 0.6 is 0 Å². The molecule has 0 bridgehead atoms. The van der Waals surface area contributed by atoms with Crippen molar-refractivity contribution in [2.45, 2.75) is 25.5 Å². The molecule has 0 aliphatic rings. The first-order chi connectivity index (χ1) is 10.4. The molecule has 22 heavy (non-hydrogen) atoms. The number of benzene rings is 2. The highest BCUT2D eigenvalue weighted by Crippen LogP contribution is 2.24. The SMILES string of the molecule is CC(Cc1cccc(O)c1)NCC(O)c1cc(O)cc(O)c1. The number of nitrogens with one attached hydrogen (secondary N) is 1. The van der Waals surface area contributed by atoms with Gasteiger partial charge in [-0.2, -0.15) is 0 Å². The monoisotopic (exact) mass is 303 g/mol. The van der Waals surface area contributed by atoms with Gasteiger partial charge in [-0.3, -0.25) is 0 Å². The molecule has 5 nitrogen and oxygen atoms in total. The quantitative estimate of drug-likeness (QED) is 0.563. The van der Waals surface area contributed by atoms with Gasteiger partial charge in [0, 0.05) is 18.7 Å². The van der Waals surface area contributed by atoms with Gasteiger partial charge >= 0.3 is 0 Å². The zero-order valence-electron chi connectivity index (χ0n) is 12.4. The summed E-state index contributed by atoms with van der Waals surface area (Å²) in [6.45, 7) is 2.28. The highest BCUT2D eigenvalue weighted by atomic mass is 16.3. The zero-order valence-corrected chi connectivity index (χ0v) is 12.4. The van der Waals surface area contributed by atoms with Gasteiger partial charge in [0.2, 0.25) is 0 Å². The second-order valence-corrected chi connectivity index (χ2v) is 5.48. The average molecular weight is 303 g/mol. The summed E-state index contributed by atoms with van der Waals surface area (Å²) in [5.41, 5.74) is 1.46. The van der Waals surface area contributed by atoms with Crippen molar-refractivity contribution in [1.82, 2.24) is 5.32 Å². The summed E-state index contributed by atoms with van der Waals surface area (Å²) in [5.74, 6) is 0.0729. The molecule has 2 aromatic rings. The first-order valence-electron chi connectivity index (χ1n) is 7.16. The number of aliphatic hydroxyl groups excluding tert-OH is 1. The van der Waals surface area contributed by atoms with E-state index in [4.69, 9.17) is 0 Å². The third-order valence-electron chi connectivity index (χ3n) is 3.42. The third kappa shape index (κ3) is 4.65. The molecule has 0 aromatic heterocycles. The van der Waals surface area contributed by atoms with Crippen molar-refractivity contribution in [3.63, 3.8) is 0 Å². The van der Waals surface area contributed by atoms with E-state index in [2.05, 4.69) is 5.32 Å². The molecule has 2 atom stereocenters. The normalized spacial score (nSPS) is 13.7. The summed E-state index contributed by atoms with van der Waals surface area (Å²) in [7, 11) is 0. The molecule has 0 amide bonds. The molecule has 0 radical (unpaired) electrons. The van der Waals surface area contributed by atoms with Gasteiger partial charge in [0.25, 0.3) is 0 Å². The fourth-order valence-corrected chi connectivity index (χ4v) is 2.35. The Labute approximate surface area is 129 Å². The first kappa shape index (κ1) is 16.1. The number of hydrogen-bond acceptors (Lipinski definition) is 5. The predicted molar refractivity (Wildman–Crippen MR) is 84.0 cm³/mol. The minimum absolute atomic E-state index is 0.0816. The molecule has 0 saturated heterocycles. The first-order valence-corrected chi connectivity index (χ1v) is 7.16. The Morgan fingerprint density at radius 2 is 1.64 bits per heavy atom. The molecule has 2 rings (SSSR count). The lowest BCUT2D eigenvalue weighted by molar-refractivity contribution is 0.170. The van der Waals surface area contributed by atoms with Crippen molar-refractivity contribution in [2.75, 3.05) is 6.54 Å². The minimum atomic E-state index is -0.829. The Morgan fingerprint density at radius 1 is 0.955 bits per heavy atom. The van der Waals surface area contributed by atoms with E-state index in [0.29, 0.717) is 18.5 Å². The van der Waals surface area contributed by atoms with Gasteiger partial charge in [-0.05, 0) is 48.7 Å². The largest absolute Gasteiger partial charge is 0.508 e. The van der Waals surface area contributed by atoms with E-state index in [0.717, 1.165) is 5.56 Å². The second kappa shape index (κ2) is 7.15.